The number of pyridine rings is 1. The number of nitrogens with zero attached hydrogens (tertiary/aromatic N) is 2. The largest absolute Gasteiger partial charge is 0.379 e. The highest BCUT2D eigenvalue weighted by Crippen LogP contribution is 2.16. The molecule has 0 atom stereocenters. The maximum atomic E-state index is 12.2. The molecule has 0 spiro atoms. The molecule has 5 heteroatoms. The number of aromatic nitrogens is 1. The molecule has 1 fully saturated rings. The summed E-state index contributed by atoms with van der Waals surface area (Å²) >= 11 is 1.62. The molecule has 1 aliphatic rings. The van der Waals surface area contributed by atoms with Gasteiger partial charge in [-0.3, -0.25) is 9.69 Å². The maximum Gasteiger partial charge on any atom is 0.259 e. The Labute approximate surface area is 109 Å². The average molecular weight is 264 g/mol. The van der Waals surface area contributed by atoms with Crippen molar-refractivity contribution < 1.29 is 4.74 Å². The topological polar surface area (TPSA) is 34.5 Å². The van der Waals surface area contributed by atoms with Gasteiger partial charge in [0.05, 0.1) is 18.6 Å². The zero-order valence-corrected chi connectivity index (χ0v) is 11.0. The Kier molecular flexibility index (Phi) is 3.45. The fraction of sp³-hybridized carbons (Fsp3) is 0.462. The van der Waals surface area contributed by atoms with Crippen molar-refractivity contribution in [2.75, 3.05) is 32.8 Å². The minimum Gasteiger partial charge on any atom is -0.379 e. The van der Waals surface area contributed by atoms with Crippen LogP contribution in [-0.4, -0.2) is 42.3 Å². The molecule has 1 saturated heterocycles. The Balaban J connectivity index is 1.74. The minimum atomic E-state index is 0.127. The van der Waals surface area contributed by atoms with Gasteiger partial charge in [0.15, 0.2) is 0 Å². The van der Waals surface area contributed by atoms with Crippen LogP contribution >= 0.6 is 11.3 Å². The lowest BCUT2D eigenvalue weighted by molar-refractivity contribution is 0.0363. The van der Waals surface area contributed by atoms with Crippen LogP contribution in [0.15, 0.2) is 28.5 Å². The summed E-state index contributed by atoms with van der Waals surface area (Å²) in [6.45, 7) is 5.21. The first-order chi connectivity index (χ1) is 8.84. The van der Waals surface area contributed by atoms with Crippen LogP contribution in [0.2, 0.25) is 0 Å². The standard InChI is InChI=1S/C13H16N2O2S/c16-13-11-2-10-18-12(11)1-3-15(13)5-4-14-6-8-17-9-7-14/h1-3,10H,4-9H2. The molecule has 0 aromatic carbocycles. The third-order valence-electron chi connectivity index (χ3n) is 3.35. The van der Waals surface area contributed by atoms with Crippen molar-refractivity contribution in [1.82, 2.24) is 9.47 Å². The van der Waals surface area contributed by atoms with E-state index in [4.69, 9.17) is 4.74 Å². The van der Waals surface area contributed by atoms with E-state index in [9.17, 15) is 4.79 Å². The molecule has 0 amide bonds. The third-order valence-corrected chi connectivity index (χ3v) is 4.24. The molecule has 0 bridgehead atoms. The summed E-state index contributed by atoms with van der Waals surface area (Å²) < 4.78 is 8.20. The van der Waals surface area contributed by atoms with E-state index in [1.165, 1.54) is 0 Å². The van der Waals surface area contributed by atoms with Gasteiger partial charge in [-0.1, -0.05) is 0 Å². The fourth-order valence-electron chi connectivity index (χ4n) is 2.26. The van der Waals surface area contributed by atoms with Crippen LogP contribution in [0.4, 0.5) is 0 Å². The summed E-state index contributed by atoms with van der Waals surface area (Å²) in [6.07, 6.45) is 1.90. The second-order valence-electron chi connectivity index (χ2n) is 4.47. The van der Waals surface area contributed by atoms with Crippen LogP contribution in [-0.2, 0) is 11.3 Å². The summed E-state index contributed by atoms with van der Waals surface area (Å²) in [7, 11) is 0. The molecule has 3 heterocycles. The van der Waals surface area contributed by atoms with Gasteiger partial charge < -0.3 is 9.30 Å². The van der Waals surface area contributed by atoms with Crippen LogP contribution in [0.1, 0.15) is 0 Å². The number of fused-ring (bicyclic) bond motifs is 1. The van der Waals surface area contributed by atoms with E-state index < -0.39 is 0 Å². The summed E-state index contributed by atoms with van der Waals surface area (Å²) in [5, 5.41) is 2.81. The molecular weight excluding hydrogens is 248 g/mol. The molecule has 2 aromatic heterocycles. The molecular formula is C13H16N2O2S. The molecule has 18 heavy (non-hydrogen) atoms. The monoisotopic (exact) mass is 264 g/mol. The van der Waals surface area contributed by atoms with Crippen molar-refractivity contribution in [1.29, 1.82) is 0 Å². The van der Waals surface area contributed by atoms with Gasteiger partial charge in [-0.2, -0.15) is 0 Å². The first kappa shape index (κ1) is 11.9. The molecule has 0 N–H and O–H groups in total. The van der Waals surface area contributed by atoms with Gasteiger partial charge in [-0.05, 0) is 17.5 Å². The highest BCUT2D eigenvalue weighted by atomic mass is 32.1. The normalized spacial score (nSPS) is 17.3. The number of thiophene rings is 1. The van der Waals surface area contributed by atoms with Gasteiger partial charge in [0, 0.05) is 37.1 Å². The van der Waals surface area contributed by atoms with E-state index in [0.29, 0.717) is 0 Å². The number of hydrogen-bond donors (Lipinski definition) is 0. The van der Waals surface area contributed by atoms with Crippen LogP contribution in [0, 0.1) is 0 Å². The molecule has 2 aromatic rings. The van der Waals surface area contributed by atoms with E-state index in [-0.39, 0.29) is 5.56 Å². The Morgan fingerprint density at radius 1 is 1.22 bits per heavy atom. The maximum absolute atomic E-state index is 12.2. The summed E-state index contributed by atoms with van der Waals surface area (Å²) in [4.78, 5) is 14.5. The third kappa shape index (κ3) is 2.34. The lowest BCUT2D eigenvalue weighted by atomic mass is 10.3. The van der Waals surface area contributed by atoms with Gasteiger partial charge >= 0.3 is 0 Å². The predicted molar refractivity (Wildman–Crippen MR) is 73.3 cm³/mol. The lowest BCUT2D eigenvalue weighted by Gasteiger charge is -2.26. The Hall–Kier alpha value is -1.17. The Morgan fingerprint density at radius 2 is 2.06 bits per heavy atom. The van der Waals surface area contributed by atoms with Gasteiger partial charge in [-0.15, -0.1) is 11.3 Å². The molecule has 1 aliphatic heterocycles. The van der Waals surface area contributed by atoms with Gasteiger partial charge in [-0.25, -0.2) is 0 Å². The van der Waals surface area contributed by atoms with Crippen molar-refractivity contribution in [3.8, 4) is 0 Å². The zero-order chi connectivity index (χ0) is 12.4. The number of morpholine rings is 1. The first-order valence-corrected chi connectivity index (χ1v) is 7.09. The molecule has 3 rings (SSSR count). The minimum absolute atomic E-state index is 0.127. The van der Waals surface area contributed by atoms with E-state index in [0.717, 1.165) is 49.5 Å². The van der Waals surface area contributed by atoms with Crippen molar-refractivity contribution in [3.63, 3.8) is 0 Å². The number of hydrogen-bond acceptors (Lipinski definition) is 4. The lowest BCUT2D eigenvalue weighted by Crippen LogP contribution is -2.39. The van der Waals surface area contributed by atoms with Gasteiger partial charge in [0.1, 0.15) is 0 Å². The molecule has 0 aliphatic carbocycles. The molecule has 0 saturated carbocycles. The summed E-state index contributed by atoms with van der Waals surface area (Å²) in [5.74, 6) is 0. The average Bonchev–Trinajstić information content (AvgIpc) is 2.88. The SMILES string of the molecule is O=c1c2ccsc2ccn1CCN1CCOCC1. The summed E-state index contributed by atoms with van der Waals surface area (Å²) in [6, 6.07) is 3.94. The van der Waals surface area contributed by atoms with Crippen molar-refractivity contribution in [2.45, 2.75) is 6.54 Å². The van der Waals surface area contributed by atoms with E-state index in [2.05, 4.69) is 4.90 Å². The number of ether oxygens (including phenoxy) is 1. The van der Waals surface area contributed by atoms with Crippen LogP contribution in [0.25, 0.3) is 10.1 Å². The smallest absolute Gasteiger partial charge is 0.259 e. The van der Waals surface area contributed by atoms with Crippen LogP contribution in [0.5, 0.6) is 0 Å². The molecule has 96 valence electrons. The van der Waals surface area contributed by atoms with Gasteiger partial charge in [0.2, 0.25) is 0 Å². The van der Waals surface area contributed by atoms with Crippen molar-refractivity contribution in [3.05, 3.63) is 34.1 Å². The fourth-order valence-corrected chi connectivity index (χ4v) is 3.03. The van der Waals surface area contributed by atoms with Crippen molar-refractivity contribution >= 4 is 21.4 Å². The second-order valence-corrected chi connectivity index (χ2v) is 5.41. The first-order valence-electron chi connectivity index (χ1n) is 6.21. The van der Waals surface area contributed by atoms with Crippen LogP contribution in [0.3, 0.4) is 0 Å². The quantitative estimate of drug-likeness (QED) is 0.840. The Bertz CT molecular complexity index is 584. The van der Waals surface area contributed by atoms with E-state index in [1.807, 2.05) is 28.3 Å². The molecule has 0 radical (unpaired) electrons. The molecule has 0 unspecified atom stereocenters. The van der Waals surface area contributed by atoms with Crippen molar-refractivity contribution in [2.24, 2.45) is 0 Å². The van der Waals surface area contributed by atoms with Crippen LogP contribution < -0.4 is 5.56 Å². The number of rotatable bonds is 3. The zero-order valence-electron chi connectivity index (χ0n) is 10.2. The highest BCUT2D eigenvalue weighted by molar-refractivity contribution is 7.17. The molecule has 4 nitrogen and oxygen atoms in total. The van der Waals surface area contributed by atoms with E-state index in [1.54, 1.807) is 11.3 Å². The highest BCUT2D eigenvalue weighted by Gasteiger charge is 2.10. The van der Waals surface area contributed by atoms with E-state index >= 15 is 0 Å². The Morgan fingerprint density at radius 3 is 2.89 bits per heavy atom. The predicted octanol–water partition coefficient (Wildman–Crippen LogP) is 1.40. The summed E-state index contributed by atoms with van der Waals surface area (Å²) in [5.41, 5.74) is 0.127. The van der Waals surface area contributed by atoms with Gasteiger partial charge in [0.25, 0.3) is 5.56 Å². The second kappa shape index (κ2) is 5.22.